The van der Waals surface area contributed by atoms with Gasteiger partial charge in [-0.15, -0.1) is 11.3 Å². The Hall–Kier alpha value is -0.0900. The van der Waals surface area contributed by atoms with Gasteiger partial charge in [-0.3, -0.25) is 0 Å². The summed E-state index contributed by atoms with van der Waals surface area (Å²) in [7, 11) is 0. The Morgan fingerprint density at radius 3 is 2.67 bits per heavy atom. The molecule has 0 aromatic carbocycles. The Kier molecular flexibility index (Phi) is 5.49. The molecule has 0 bridgehead atoms. The van der Waals surface area contributed by atoms with Crippen molar-refractivity contribution >= 4 is 22.9 Å². The summed E-state index contributed by atoms with van der Waals surface area (Å²) in [6.07, 6.45) is 6.68. The number of halogens is 1. The highest BCUT2D eigenvalue weighted by molar-refractivity contribution is 7.16. The van der Waals surface area contributed by atoms with Crippen LogP contribution in [0.2, 0.25) is 4.34 Å². The Balaban J connectivity index is 1.90. The molecule has 102 valence electrons. The molecule has 18 heavy (non-hydrogen) atoms. The number of hydrogen-bond acceptors (Lipinski definition) is 3. The Morgan fingerprint density at radius 1 is 1.39 bits per heavy atom. The van der Waals surface area contributed by atoms with Gasteiger partial charge in [0.05, 0.1) is 10.9 Å². The van der Waals surface area contributed by atoms with Crippen molar-refractivity contribution in [3.63, 3.8) is 0 Å². The first-order valence-corrected chi connectivity index (χ1v) is 7.98. The van der Waals surface area contributed by atoms with Gasteiger partial charge in [-0.05, 0) is 37.8 Å². The van der Waals surface area contributed by atoms with E-state index in [1.807, 2.05) is 19.1 Å². The molecule has 0 radical (unpaired) electrons. The van der Waals surface area contributed by atoms with Gasteiger partial charge in [0, 0.05) is 10.9 Å². The van der Waals surface area contributed by atoms with E-state index >= 15 is 0 Å². The van der Waals surface area contributed by atoms with Gasteiger partial charge < -0.3 is 10.5 Å². The molecule has 0 amide bonds. The van der Waals surface area contributed by atoms with Gasteiger partial charge in [0.25, 0.3) is 0 Å². The van der Waals surface area contributed by atoms with Gasteiger partial charge in [-0.1, -0.05) is 30.9 Å². The zero-order valence-corrected chi connectivity index (χ0v) is 12.5. The van der Waals surface area contributed by atoms with Gasteiger partial charge >= 0.3 is 0 Å². The first-order valence-electron chi connectivity index (χ1n) is 6.79. The highest BCUT2D eigenvalue weighted by atomic mass is 35.5. The molecule has 0 spiro atoms. The zero-order chi connectivity index (χ0) is 13.0. The second-order valence-electron chi connectivity index (χ2n) is 5.26. The van der Waals surface area contributed by atoms with Crippen molar-refractivity contribution in [2.45, 2.75) is 51.2 Å². The Bertz CT molecular complexity index is 360. The second kappa shape index (κ2) is 6.90. The van der Waals surface area contributed by atoms with Crippen molar-refractivity contribution in [2.75, 3.05) is 6.61 Å². The molecule has 1 aliphatic carbocycles. The fourth-order valence-electron chi connectivity index (χ4n) is 2.57. The van der Waals surface area contributed by atoms with Crippen LogP contribution in [0.5, 0.6) is 0 Å². The average molecular weight is 288 g/mol. The van der Waals surface area contributed by atoms with Gasteiger partial charge in [-0.2, -0.15) is 0 Å². The van der Waals surface area contributed by atoms with Crippen LogP contribution in [0, 0.1) is 5.92 Å². The maximum Gasteiger partial charge on any atom is 0.106 e. The largest absolute Gasteiger partial charge is 0.371 e. The summed E-state index contributed by atoms with van der Waals surface area (Å²) in [6, 6.07) is 3.95. The van der Waals surface area contributed by atoms with Crippen molar-refractivity contribution in [3.05, 3.63) is 21.3 Å². The summed E-state index contributed by atoms with van der Waals surface area (Å²) in [5.41, 5.74) is 6.03. The number of rotatable bonds is 5. The third-order valence-corrected chi connectivity index (χ3v) is 4.88. The molecule has 1 aliphatic rings. The molecule has 1 fully saturated rings. The predicted molar refractivity (Wildman–Crippen MR) is 78.2 cm³/mol. The summed E-state index contributed by atoms with van der Waals surface area (Å²) in [6.45, 7) is 2.83. The number of thiophene rings is 1. The van der Waals surface area contributed by atoms with Crippen LogP contribution in [-0.2, 0) is 4.74 Å². The van der Waals surface area contributed by atoms with E-state index < -0.39 is 0 Å². The van der Waals surface area contributed by atoms with E-state index in [1.54, 1.807) is 11.3 Å². The monoisotopic (exact) mass is 287 g/mol. The third kappa shape index (κ3) is 3.95. The zero-order valence-electron chi connectivity index (χ0n) is 10.9. The van der Waals surface area contributed by atoms with Crippen molar-refractivity contribution < 1.29 is 4.74 Å². The number of ether oxygens (including phenoxy) is 1. The quantitative estimate of drug-likeness (QED) is 0.872. The third-order valence-electron chi connectivity index (χ3n) is 3.59. The normalized spacial score (nSPS) is 20.8. The van der Waals surface area contributed by atoms with Crippen molar-refractivity contribution in [1.82, 2.24) is 0 Å². The van der Waals surface area contributed by atoms with E-state index in [2.05, 4.69) is 0 Å². The topological polar surface area (TPSA) is 35.2 Å². The maximum atomic E-state index is 6.07. The molecular weight excluding hydrogens is 266 g/mol. The lowest BCUT2D eigenvalue weighted by molar-refractivity contribution is 0.0102. The van der Waals surface area contributed by atoms with E-state index in [1.165, 1.54) is 32.1 Å². The molecule has 0 saturated heterocycles. The van der Waals surface area contributed by atoms with Crippen LogP contribution in [0.3, 0.4) is 0 Å². The SMILES string of the molecule is CC(N)C(OCC1CCCCC1)c1ccc(Cl)s1. The van der Waals surface area contributed by atoms with E-state index in [0.717, 1.165) is 21.7 Å². The van der Waals surface area contributed by atoms with E-state index in [4.69, 9.17) is 22.1 Å². The molecule has 0 aliphatic heterocycles. The highest BCUT2D eigenvalue weighted by Gasteiger charge is 2.21. The molecule has 1 aromatic heterocycles. The maximum absolute atomic E-state index is 6.07. The standard InChI is InChI=1S/C14H22ClNOS/c1-10(16)14(12-7-8-13(15)18-12)17-9-11-5-3-2-4-6-11/h7-8,10-11,14H,2-6,9,16H2,1H3. The first kappa shape index (κ1) is 14.3. The highest BCUT2D eigenvalue weighted by Crippen LogP contribution is 2.32. The molecule has 1 saturated carbocycles. The molecular formula is C14H22ClNOS. The van der Waals surface area contributed by atoms with E-state index in [9.17, 15) is 0 Å². The predicted octanol–water partition coefficient (Wildman–Crippen LogP) is 4.39. The Labute approximate surface area is 118 Å². The molecule has 2 atom stereocenters. The van der Waals surface area contributed by atoms with Gasteiger partial charge in [0.15, 0.2) is 0 Å². The molecule has 2 rings (SSSR count). The van der Waals surface area contributed by atoms with Gasteiger partial charge in [-0.25, -0.2) is 0 Å². The van der Waals surface area contributed by atoms with Crippen molar-refractivity contribution in [3.8, 4) is 0 Å². The summed E-state index contributed by atoms with van der Waals surface area (Å²) < 4.78 is 6.87. The lowest BCUT2D eigenvalue weighted by Gasteiger charge is -2.26. The molecule has 2 nitrogen and oxygen atoms in total. The summed E-state index contributed by atoms with van der Waals surface area (Å²) in [5, 5.41) is 0. The smallest absolute Gasteiger partial charge is 0.106 e. The minimum Gasteiger partial charge on any atom is -0.371 e. The molecule has 2 unspecified atom stereocenters. The van der Waals surface area contributed by atoms with E-state index in [-0.39, 0.29) is 12.1 Å². The first-order chi connectivity index (χ1) is 8.66. The Morgan fingerprint density at radius 2 is 2.11 bits per heavy atom. The lowest BCUT2D eigenvalue weighted by Crippen LogP contribution is -2.28. The van der Waals surface area contributed by atoms with Crippen LogP contribution in [0.25, 0.3) is 0 Å². The minimum atomic E-state index is -0.00979. The molecule has 1 aromatic rings. The molecule has 4 heteroatoms. The van der Waals surface area contributed by atoms with Gasteiger partial charge in [0.1, 0.15) is 6.10 Å². The van der Waals surface area contributed by atoms with Crippen LogP contribution in [0.4, 0.5) is 0 Å². The van der Waals surface area contributed by atoms with E-state index in [0.29, 0.717) is 0 Å². The van der Waals surface area contributed by atoms with Crippen LogP contribution in [0.15, 0.2) is 12.1 Å². The number of nitrogens with two attached hydrogens (primary N) is 1. The summed E-state index contributed by atoms with van der Waals surface area (Å²) in [5.74, 6) is 0.718. The molecule has 1 heterocycles. The van der Waals surface area contributed by atoms with Crippen LogP contribution in [0.1, 0.15) is 50.0 Å². The second-order valence-corrected chi connectivity index (χ2v) is 7.01. The molecule has 2 N–H and O–H groups in total. The van der Waals surface area contributed by atoms with Crippen LogP contribution < -0.4 is 5.73 Å². The fourth-order valence-corrected chi connectivity index (χ4v) is 3.79. The van der Waals surface area contributed by atoms with Gasteiger partial charge in [0.2, 0.25) is 0 Å². The van der Waals surface area contributed by atoms with Crippen molar-refractivity contribution in [1.29, 1.82) is 0 Å². The number of hydrogen-bond donors (Lipinski definition) is 1. The average Bonchev–Trinajstić information content (AvgIpc) is 2.77. The summed E-state index contributed by atoms with van der Waals surface area (Å²) >= 11 is 7.55. The van der Waals surface area contributed by atoms with Crippen LogP contribution >= 0.6 is 22.9 Å². The van der Waals surface area contributed by atoms with Crippen LogP contribution in [-0.4, -0.2) is 12.6 Å². The fraction of sp³-hybridized carbons (Fsp3) is 0.714. The minimum absolute atomic E-state index is 0.00306. The lowest BCUT2D eigenvalue weighted by atomic mass is 9.90. The summed E-state index contributed by atoms with van der Waals surface area (Å²) in [4.78, 5) is 1.14. The van der Waals surface area contributed by atoms with Crippen molar-refractivity contribution in [2.24, 2.45) is 11.7 Å².